The predicted molar refractivity (Wildman–Crippen MR) is 131 cm³/mol. The fourth-order valence-electron chi connectivity index (χ4n) is 3.30. The lowest BCUT2D eigenvalue weighted by Gasteiger charge is -2.15. The minimum atomic E-state index is -1.02. The lowest BCUT2D eigenvalue weighted by molar-refractivity contribution is -0.113. The minimum absolute atomic E-state index is 0.147. The lowest BCUT2D eigenvalue weighted by atomic mass is 10.0. The average Bonchev–Trinajstić information content (AvgIpc) is 3.09. The first kappa shape index (κ1) is 21.6. The van der Waals surface area contributed by atoms with E-state index in [9.17, 15) is 14.7 Å². The molecule has 4 rings (SSSR count). The Balaban J connectivity index is 1.74. The smallest absolute Gasteiger partial charge is 0.335 e. The average molecular weight is 443 g/mol. The Morgan fingerprint density at radius 2 is 1.72 bits per heavy atom. The molecule has 160 valence electrons. The van der Waals surface area contributed by atoms with Crippen LogP contribution >= 0.6 is 11.8 Å². The largest absolute Gasteiger partial charge is 0.478 e. The number of nitrogens with zero attached hydrogens (tertiary/aromatic N) is 2. The monoisotopic (exact) mass is 442 g/mol. The number of amidine groups is 1. The van der Waals surface area contributed by atoms with Crippen molar-refractivity contribution in [3.63, 3.8) is 0 Å². The second-order valence-corrected chi connectivity index (χ2v) is 8.67. The number of amides is 1. The fraction of sp³-hybridized carbons (Fsp3) is 0.115. The van der Waals surface area contributed by atoms with Gasteiger partial charge >= 0.3 is 5.97 Å². The second kappa shape index (κ2) is 9.24. The number of benzene rings is 3. The maximum Gasteiger partial charge on any atom is 0.335 e. The number of hydrogen-bond acceptors (Lipinski definition) is 4. The van der Waals surface area contributed by atoms with E-state index in [1.165, 1.54) is 29.5 Å². The van der Waals surface area contributed by atoms with Gasteiger partial charge < -0.3 is 5.11 Å². The van der Waals surface area contributed by atoms with E-state index in [-0.39, 0.29) is 11.5 Å². The van der Waals surface area contributed by atoms with Gasteiger partial charge in [0.15, 0.2) is 5.17 Å². The summed E-state index contributed by atoms with van der Waals surface area (Å²) in [5.74, 6) is -0.747. The van der Waals surface area contributed by atoms with E-state index in [4.69, 9.17) is 0 Å². The maximum absolute atomic E-state index is 13.3. The molecular formula is C26H22N2O3S. The van der Waals surface area contributed by atoms with Crippen molar-refractivity contribution in [2.24, 2.45) is 4.99 Å². The summed E-state index contributed by atoms with van der Waals surface area (Å²) < 4.78 is 0. The number of anilines is 1. The van der Waals surface area contributed by atoms with Gasteiger partial charge in [-0.05, 0) is 65.2 Å². The van der Waals surface area contributed by atoms with Gasteiger partial charge in [-0.25, -0.2) is 9.79 Å². The van der Waals surface area contributed by atoms with Crippen molar-refractivity contribution in [1.82, 2.24) is 0 Å². The summed E-state index contributed by atoms with van der Waals surface area (Å²) in [6.45, 7) is 4.29. The van der Waals surface area contributed by atoms with Crippen LogP contribution in [-0.2, 0) is 4.79 Å². The number of aromatic carboxylic acids is 1. The standard InChI is InChI=1S/C26H22N2O3S/c1-17(2)19-13-11-18(12-14-19)15-23-24(29)28(22-9-4-3-5-10-22)26(32-23)27-21-8-6-7-20(16-21)25(30)31/h3-17H,1-2H3,(H,30,31)/b23-15-,27-26?. The number of thioether (sulfide) groups is 1. The molecule has 0 radical (unpaired) electrons. The van der Waals surface area contributed by atoms with Crippen LogP contribution in [0.2, 0.25) is 0 Å². The SMILES string of the molecule is CC(C)c1ccc(/C=C2\SC(=Nc3cccc(C(=O)O)c3)N(c3ccccc3)C2=O)cc1. The molecule has 1 aliphatic heterocycles. The Labute approximate surface area is 191 Å². The number of hydrogen-bond donors (Lipinski definition) is 1. The molecule has 0 bridgehead atoms. The van der Waals surface area contributed by atoms with Crippen LogP contribution in [0.5, 0.6) is 0 Å². The normalized spacial score (nSPS) is 16.3. The van der Waals surface area contributed by atoms with Crippen LogP contribution in [-0.4, -0.2) is 22.2 Å². The van der Waals surface area contributed by atoms with E-state index < -0.39 is 5.97 Å². The number of carboxylic acid groups (broad SMARTS) is 1. The fourth-order valence-corrected chi connectivity index (χ4v) is 4.30. The molecule has 6 heteroatoms. The molecule has 1 aliphatic rings. The second-order valence-electron chi connectivity index (χ2n) is 7.66. The van der Waals surface area contributed by atoms with E-state index in [1.807, 2.05) is 48.5 Å². The molecule has 0 atom stereocenters. The molecule has 1 heterocycles. The zero-order valence-electron chi connectivity index (χ0n) is 17.7. The first-order valence-corrected chi connectivity index (χ1v) is 11.0. The van der Waals surface area contributed by atoms with E-state index in [0.29, 0.717) is 27.4 Å². The molecule has 32 heavy (non-hydrogen) atoms. The Morgan fingerprint density at radius 3 is 2.38 bits per heavy atom. The van der Waals surface area contributed by atoms with Gasteiger partial charge in [0.2, 0.25) is 0 Å². The van der Waals surface area contributed by atoms with Gasteiger partial charge in [-0.3, -0.25) is 9.69 Å². The quantitative estimate of drug-likeness (QED) is 0.470. The Hall–Kier alpha value is -3.64. The molecule has 0 aliphatic carbocycles. The molecule has 1 saturated heterocycles. The van der Waals surface area contributed by atoms with Crippen LogP contribution in [0.25, 0.3) is 6.08 Å². The summed E-state index contributed by atoms with van der Waals surface area (Å²) in [6.07, 6.45) is 1.86. The van der Waals surface area contributed by atoms with Crippen LogP contribution in [0.15, 0.2) is 88.8 Å². The zero-order valence-corrected chi connectivity index (χ0v) is 18.5. The van der Waals surface area contributed by atoms with Crippen LogP contribution in [0.3, 0.4) is 0 Å². The number of aliphatic imine (C=N–C) groups is 1. The molecule has 0 unspecified atom stereocenters. The molecule has 0 spiro atoms. The zero-order chi connectivity index (χ0) is 22.7. The highest BCUT2D eigenvalue weighted by Gasteiger charge is 2.34. The summed E-state index contributed by atoms with van der Waals surface area (Å²) in [5, 5.41) is 9.76. The first-order chi connectivity index (χ1) is 15.4. The highest BCUT2D eigenvalue weighted by Crippen LogP contribution is 2.37. The highest BCUT2D eigenvalue weighted by atomic mass is 32.2. The summed E-state index contributed by atoms with van der Waals surface area (Å²) in [6, 6.07) is 23.8. The first-order valence-electron chi connectivity index (χ1n) is 10.2. The van der Waals surface area contributed by atoms with E-state index in [0.717, 1.165) is 5.56 Å². The summed E-state index contributed by atoms with van der Waals surface area (Å²) in [5.41, 5.74) is 3.50. The topological polar surface area (TPSA) is 70.0 Å². The van der Waals surface area contributed by atoms with Crippen molar-refractivity contribution in [1.29, 1.82) is 0 Å². The third kappa shape index (κ3) is 4.65. The van der Waals surface area contributed by atoms with E-state index in [2.05, 4.69) is 31.0 Å². The molecule has 1 amide bonds. The van der Waals surface area contributed by atoms with Gasteiger partial charge in [-0.15, -0.1) is 0 Å². The third-order valence-electron chi connectivity index (χ3n) is 5.04. The number of para-hydroxylation sites is 1. The van der Waals surface area contributed by atoms with Crippen molar-refractivity contribution in [3.05, 3.63) is 100 Å². The molecule has 5 nitrogen and oxygen atoms in total. The van der Waals surface area contributed by atoms with Gasteiger partial charge in [0.25, 0.3) is 5.91 Å². The number of carbonyl (C=O) groups excluding carboxylic acids is 1. The van der Waals surface area contributed by atoms with Crippen molar-refractivity contribution >= 4 is 46.3 Å². The molecular weight excluding hydrogens is 420 g/mol. The summed E-state index contributed by atoms with van der Waals surface area (Å²) in [7, 11) is 0. The van der Waals surface area contributed by atoms with Gasteiger partial charge in [0.1, 0.15) is 0 Å². The molecule has 3 aromatic carbocycles. The molecule has 1 N–H and O–H groups in total. The summed E-state index contributed by atoms with van der Waals surface area (Å²) >= 11 is 1.28. The van der Waals surface area contributed by atoms with E-state index in [1.54, 1.807) is 17.0 Å². The van der Waals surface area contributed by atoms with E-state index >= 15 is 0 Å². The lowest BCUT2D eigenvalue weighted by Crippen LogP contribution is -2.28. The Morgan fingerprint density at radius 1 is 1.00 bits per heavy atom. The highest BCUT2D eigenvalue weighted by molar-refractivity contribution is 8.19. The molecule has 0 aromatic heterocycles. The van der Waals surface area contributed by atoms with Gasteiger partial charge in [0.05, 0.1) is 21.8 Å². The van der Waals surface area contributed by atoms with Crippen molar-refractivity contribution in [2.45, 2.75) is 19.8 Å². The van der Waals surface area contributed by atoms with Crippen molar-refractivity contribution in [3.8, 4) is 0 Å². The van der Waals surface area contributed by atoms with Crippen molar-refractivity contribution in [2.75, 3.05) is 4.90 Å². The number of carboxylic acids is 1. The van der Waals surface area contributed by atoms with Crippen LogP contribution in [0.1, 0.15) is 41.3 Å². The summed E-state index contributed by atoms with van der Waals surface area (Å²) in [4.78, 5) is 31.4. The molecule has 3 aromatic rings. The van der Waals surface area contributed by atoms with Gasteiger partial charge in [-0.2, -0.15) is 0 Å². The van der Waals surface area contributed by atoms with Crippen LogP contribution in [0, 0.1) is 0 Å². The van der Waals surface area contributed by atoms with Crippen molar-refractivity contribution < 1.29 is 14.7 Å². The van der Waals surface area contributed by atoms with Crippen LogP contribution < -0.4 is 4.90 Å². The van der Waals surface area contributed by atoms with Crippen LogP contribution in [0.4, 0.5) is 11.4 Å². The molecule has 1 fully saturated rings. The predicted octanol–water partition coefficient (Wildman–Crippen LogP) is 6.32. The van der Waals surface area contributed by atoms with Gasteiger partial charge in [-0.1, -0.05) is 62.4 Å². The van der Waals surface area contributed by atoms with Gasteiger partial charge in [0, 0.05) is 0 Å². The minimum Gasteiger partial charge on any atom is -0.478 e. The third-order valence-corrected chi connectivity index (χ3v) is 6.01. The number of carbonyl (C=O) groups is 2. The molecule has 0 saturated carbocycles. The maximum atomic E-state index is 13.3. The Kier molecular flexibility index (Phi) is 6.23. The Bertz CT molecular complexity index is 1220. The number of rotatable bonds is 5.